The second-order valence-corrected chi connectivity index (χ2v) is 7.32. The number of morpholine rings is 1. The molecular weight excluding hydrogens is 332 g/mol. The molecule has 2 aliphatic heterocycles. The minimum absolute atomic E-state index is 0.160. The van der Waals surface area contributed by atoms with Crippen molar-refractivity contribution in [2.45, 2.75) is 37.8 Å². The lowest BCUT2D eigenvalue weighted by Crippen LogP contribution is -2.40. The SMILES string of the molecule is O=C(c1cn(C[C@@H]2CC(F)(F)CN2CC2CC2)nn1)N1CCOCC1. The average Bonchev–Trinajstić information content (AvgIpc) is 3.20. The Morgan fingerprint density at radius 2 is 2.04 bits per heavy atom. The summed E-state index contributed by atoms with van der Waals surface area (Å²) in [5, 5.41) is 7.93. The molecule has 3 aliphatic rings. The van der Waals surface area contributed by atoms with Crippen LogP contribution in [-0.2, 0) is 11.3 Å². The Morgan fingerprint density at radius 1 is 1.28 bits per heavy atom. The van der Waals surface area contributed by atoms with Gasteiger partial charge in [-0.2, -0.15) is 0 Å². The molecule has 0 unspecified atom stereocenters. The van der Waals surface area contributed by atoms with Gasteiger partial charge >= 0.3 is 0 Å². The van der Waals surface area contributed by atoms with E-state index in [2.05, 4.69) is 10.3 Å². The Labute approximate surface area is 144 Å². The maximum absolute atomic E-state index is 13.8. The maximum Gasteiger partial charge on any atom is 0.276 e. The summed E-state index contributed by atoms with van der Waals surface area (Å²) in [5.74, 6) is -2.26. The van der Waals surface area contributed by atoms with Gasteiger partial charge in [-0.05, 0) is 18.8 Å². The molecule has 1 saturated carbocycles. The van der Waals surface area contributed by atoms with E-state index in [-0.39, 0.29) is 30.6 Å². The summed E-state index contributed by atoms with van der Waals surface area (Å²) < 4.78 is 34.4. The molecule has 0 radical (unpaired) electrons. The standard InChI is InChI=1S/C16H23F2N5O2/c17-16(18)7-13(22(11-16)8-12-1-2-12)9-23-10-14(19-20-23)15(24)21-3-5-25-6-4-21/h10,12-13H,1-9,11H2/t13-/m0/s1. The number of likely N-dealkylation sites (tertiary alicyclic amines) is 1. The van der Waals surface area contributed by atoms with Crippen LogP contribution in [0, 0.1) is 5.92 Å². The van der Waals surface area contributed by atoms with E-state index in [9.17, 15) is 13.6 Å². The Kier molecular flexibility index (Phi) is 4.45. The predicted octanol–water partition coefficient (Wildman–Crippen LogP) is 0.870. The molecule has 25 heavy (non-hydrogen) atoms. The second-order valence-electron chi connectivity index (χ2n) is 7.32. The fourth-order valence-corrected chi connectivity index (χ4v) is 3.62. The number of alkyl halides is 2. The number of ether oxygens (including phenoxy) is 1. The number of amides is 1. The summed E-state index contributed by atoms with van der Waals surface area (Å²) in [6, 6.07) is -0.261. The van der Waals surface area contributed by atoms with Gasteiger partial charge in [0.05, 0.1) is 32.5 Å². The zero-order valence-corrected chi connectivity index (χ0v) is 14.1. The molecule has 1 aromatic heterocycles. The molecule has 138 valence electrons. The summed E-state index contributed by atoms with van der Waals surface area (Å²) >= 11 is 0. The van der Waals surface area contributed by atoms with Crippen molar-refractivity contribution < 1.29 is 18.3 Å². The van der Waals surface area contributed by atoms with Crippen LogP contribution in [0.2, 0.25) is 0 Å². The molecule has 0 spiro atoms. The highest BCUT2D eigenvalue weighted by atomic mass is 19.3. The van der Waals surface area contributed by atoms with Crippen molar-refractivity contribution in [1.29, 1.82) is 0 Å². The van der Waals surface area contributed by atoms with Crippen LogP contribution in [0.3, 0.4) is 0 Å². The van der Waals surface area contributed by atoms with E-state index < -0.39 is 5.92 Å². The quantitative estimate of drug-likeness (QED) is 0.784. The zero-order valence-electron chi connectivity index (χ0n) is 14.1. The molecule has 1 amide bonds. The molecule has 4 rings (SSSR count). The lowest BCUT2D eigenvalue weighted by atomic mass is 10.2. The molecular formula is C16H23F2N5O2. The molecule has 2 saturated heterocycles. The predicted molar refractivity (Wildman–Crippen MR) is 84.4 cm³/mol. The first-order chi connectivity index (χ1) is 12.0. The number of rotatable bonds is 5. The molecule has 0 bridgehead atoms. The summed E-state index contributed by atoms with van der Waals surface area (Å²) in [5.41, 5.74) is 0.264. The third-order valence-electron chi connectivity index (χ3n) is 5.13. The first kappa shape index (κ1) is 16.8. The van der Waals surface area contributed by atoms with Gasteiger partial charge in [0.2, 0.25) is 0 Å². The third-order valence-corrected chi connectivity index (χ3v) is 5.13. The van der Waals surface area contributed by atoms with Crippen molar-refractivity contribution >= 4 is 5.91 Å². The first-order valence-corrected chi connectivity index (χ1v) is 8.89. The van der Waals surface area contributed by atoms with Gasteiger partial charge in [-0.15, -0.1) is 5.10 Å². The Bertz CT molecular complexity index is 628. The fourth-order valence-electron chi connectivity index (χ4n) is 3.62. The number of aromatic nitrogens is 3. The molecule has 3 heterocycles. The van der Waals surface area contributed by atoms with Crippen LogP contribution in [0.5, 0.6) is 0 Å². The van der Waals surface area contributed by atoms with Crippen molar-refractivity contribution in [3.8, 4) is 0 Å². The van der Waals surface area contributed by atoms with Crippen LogP contribution >= 0.6 is 0 Å². The lowest BCUT2D eigenvalue weighted by molar-refractivity contribution is 0.0116. The zero-order chi connectivity index (χ0) is 17.4. The van der Waals surface area contributed by atoms with Crippen molar-refractivity contribution in [3.63, 3.8) is 0 Å². The van der Waals surface area contributed by atoms with Gasteiger partial charge in [-0.25, -0.2) is 8.78 Å². The molecule has 1 aliphatic carbocycles. The number of hydrogen-bond donors (Lipinski definition) is 0. The summed E-state index contributed by atoms with van der Waals surface area (Å²) in [7, 11) is 0. The number of halogens is 2. The Morgan fingerprint density at radius 3 is 2.76 bits per heavy atom. The highest BCUT2D eigenvalue weighted by molar-refractivity contribution is 5.91. The molecule has 7 nitrogen and oxygen atoms in total. The van der Waals surface area contributed by atoms with Gasteiger partial charge in [0.25, 0.3) is 11.8 Å². The molecule has 9 heteroatoms. The molecule has 0 aromatic carbocycles. The number of nitrogens with zero attached hydrogens (tertiary/aromatic N) is 5. The number of carbonyl (C=O) groups is 1. The summed E-state index contributed by atoms with van der Waals surface area (Å²) in [4.78, 5) is 16.0. The minimum atomic E-state index is -2.65. The Hall–Kier alpha value is -1.61. The van der Waals surface area contributed by atoms with Crippen LogP contribution in [0.1, 0.15) is 29.8 Å². The van der Waals surface area contributed by atoms with Crippen LogP contribution in [0.4, 0.5) is 8.78 Å². The topological polar surface area (TPSA) is 63.5 Å². The van der Waals surface area contributed by atoms with Crippen LogP contribution in [0.25, 0.3) is 0 Å². The summed E-state index contributed by atoms with van der Waals surface area (Å²) in [6.45, 7) is 3.01. The molecule has 1 aromatic rings. The van der Waals surface area contributed by atoms with Gasteiger partial charge in [0, 0.05) is 32.1 Å². The van der Waals surface area contributed by atoms with Crippen molar-refractivity contribution in [2.75, 3.05) is 39.4 Å². The fraction of sp³-hybridized carbons (Fsp3) is 0.812. The number of hydrogen-bond acceptors (Lipinski definition) is 5. The van der Waals surface area contributed by atoms with Crippen LogP contribution in [0.15, 0.2) is 6.20 Å². The van der Waals surface area contributed by atoms with E-state index in [4.69, 9.17) is 4.74 Å². The largest absolute Gasteiger partial charge is 0.378 e. The van der Waals surface area contributed by atoms with E-state index in [1.165, 1.54) is 4.68 Å². The normalized spacial score (nSPS) is 27.0. The molecule has 3 fully saturated rings. The van der Waals surface area contributed by atoms with E-state index in [0.717, 1.165) is 19.4 Å². The first-order valence-electron chi connectivity index (χ1n) is 8.89. The average molecular weight is 355 g/mol. The van der Waals surface area contributed by atoms with Crippen molar-refractivity contribution in [1.82, 2.24) is 24.8 Å². The van der Waals surface area contributed by atoms with Gasteiger partial charge in [0.15, 0.2) is 5.69 Å². The van der Waals surface area contributed by atoms with E-state index in [1.54, 1.807) is 11.1 Å². The molecule has 0 N–H and O–H groups in total. The highest BCUT2D eigenvalue weighted by Gasteiger charge is 2.46. The monoisotopic (exact) mass is 355 g/mol. The van der Waals surface area contributed by atoms with Gasteiger partial charge in [0.1, 0.15) is 0 Å². The van der Waals surface area contributed by atoms with E-state index >= 15 is 0 Å². The van der Waals surface area contributed by atoms with Crippen LogP contribution < -0.4 is 0 Å². The van der Waals surface area contributed by atoms with Gasteiger partial charge < -0.3 is 9.64 Å². The maximum atomic E-state index is 13.8. The Balaban J connectivity index is 1.40. The third kappa shape index (κ3) is 3.98. The van der Waals surface area contributed by atoms with E-state index in [1.807, 2.05) is 4.90 Å². The van der Waals surface area contributed by atoms with Crippen molar-refractivity contribution in [2.24, 2.45) is 5.92 Å². The second kappa shape index (κ2) is 6.60. The highest BCUT2D eigenvalue weighted by Crippen LogP contribution is 2.37. The smallest absolute Gasteiger partial charge is 0.276 e. The summed E-state index contributed by atoms with van der Waals surface area (Å²) in [6.07, 6.45) is 3.68. The van der Waals surface area contributed by atoms with Gasteiger partial charge in [-0.3, -0.25) is 14.4 Å². The lowest BCUT2D eigenvalue weighted by Gasteiger charge is -2.25. The number of carbonyl (C=O) groups excluding carboxylic acids is 1. The van der Waals surface area contributed by atoms with Crippen LogP contribution in [-0.4, -0.2) is 82.1 Å². The molecule has 1 atom stereocenters. The minimum Gasteiger partial charge on any atom is -0.378 e. The van der Waals surface area contributed by atoms with Gasteiger partial charge in [-0.1, -0.05) is 5.21 Å². The van der Waals surface area contributed by atoms with Crippen molar-refractivity contribution in [3.05, 3.63) is 11.9 Å². The van der Waals surface area contributed by atoms with E-state index in [0.29, 0.717) is 38.8 Å².